The Hall–Kier alpha value is -1.42. The van der Waals surface area contributed by atoms with E-state index >= 15 is 0 Å². The van der Waals surface area contributed by atoms with Gasteiger partial charge in [0.1, 0.15) is 0 Å². The van der Waals surface area contributed by atoms with Crippen molar-refractivity contribution in [2.24, 2.45) is 5.92 Å². The smallest absolute Gasteiger partial charge is 0.222 e. The van der Waals surface area contributed by atoms with Crippen molar-refractivity contribution in [1.82, 2.24) is 15.2 Å². The Morgan fingerprint density at radius 1 is 1.27 bits per heavy atom. The van der Waals surface area contributed by atoms with Crippen LogP contribution in [0.1, 0.15) is 48.9 Å². The van der Waals surface area contributed by atoms with Crippen LogP contribution < -0.4 is 5.32 Å². The average Bonchev–Trinajstić information content (AvgIpc) is 3.30. The molecule has 1 aliphatic carbocycles. The van der Waals surface area contributed by atoms with E-state index in [1.807, 2.05) is 13.1 Å². The predicted molar refractivity (Wildman–Crippen MR) is 87.5 cm³/mol. The Kier molecular flexibility index (Phi) is 4.77. The lowest BCUT2D eigenvalue weighted by Crippen LogP contribution is -2.33. The molecule has 1 amide bonds. The highest BCUT2D eigenvalue weighted by Crippen LogP contribution is 2.30. The number of hydrogen-bond acceptors (Lipinski definition) is 3. The largest absolute Gasteiger partial charge is 0.342 e. The molecule has 1 N–H and O–H groups in total. The number of likely N-dealkylation sites (tertiary alicyclic amines) is 1. The maximum absolute atomic E-state index is 12.2. The van der Waals surface area contributed by atoms with E-state index in [0.29, 0.717) is 18.4 Å². The standard InChI is InChI=1S/C18H27N3O/c1-13-9-14(2)19-10-16(13)11-20-17-5-6-18(22)21(8-7-17)12-15-3-4-15/h9-10,15,17,20H,3-8,11-12H2,1-2H3. The van der Waals surface area contributed by atoms with Crippen LogP contribution in [0.2, 0.25) is 0 Å². The molecular weight excluding hydrogens is 274 g/mol. The molecule has 1 unspecified atom stereocenters. The van der Waals surface area contributed by atoms with Gasteiger partial charge in [0.05, 0.1) is 0 Å². The Bertz CT molecular complexity index is 539. The van der Waals surface area contributed by atoms with Crippen molar-refractivity contribution in [3.05, 3.63) is 29.1 Å². The van der Waals surface area contributed by atoms with Gasteiger partial charge in [-0.3, -0.25) is 9.78 Å². The first kappa shape index (κ1) is 15.5. The fraction of sp³-hybridized carbons (Fsp3) is 0.667. The van der Waals surface area contributed by atoms with E-state index in [1.165, 1.54) is 24.0 Å². The first-order chi connectivity index (χ1) is 10.6. The molecule has 2 aliphatic rings. The van der Waals surface area contributed by atoms with Crippen molar-refractivity contribution in [3.8, 4) is 0 Å². The van der Waals surface area contributed by atoms with Crippen LogP contribution in [0, 0.1) is 19.8 Å². The van der Waals surface area contributed by atoms with Crippen molar-refractivity contribution >= 4 is 5.91 Å². The third-order valence-corrected chi connectivity index (χ3v) is 4.92. The number of hydrogen-bond donors (Lipinski definition) is 1. The van der Waals surface area contributed by atoms with Crippen LogP contribution in [0.3, 0.4) is 0 Å². The number of aromatic nitrogens is 1. The molecule has 1 saturated heterocycles. The van der Waals surface area contributed by atoms with E-state index in [2.05, 4.69) is 28.2 Å². The quantitative estimate of drug-likeness (QED) is 0.909. The normalized spacial score (nSPS) is 22.7. The fourth-order valence-electron chi connectivity index (χ4n) is 3.21. The van der Waals surface area contributed by atoms with Crippen LogP contribution in [-0.2, 0) is 11.3 Å². The van der Waals surface area contributed by atoms with Crippen LogP contribution in [0.4, 0.5) is 0 Å². The topological polar surface area (TPSA) is 45.2 Å². The molecule has 1 saturated carbocycles. The van der Waals surface area contributed by atoms with Crippen molar-refractivity contribution in [1.29, 1.82) is 0 Å². The molecule has 2 fully saturated rings. The number of carbonyl (C=O) groups excluding carboxylic acids is 1. The van der Waals surface area contributed by atoms with E-state index in [-0.39, 0.29) is 0 Å². The molecule has 1 aromatic heterocycles. The first-order valence-corrected chi connectivity index (χ1v) is 8.55. The summed E-state index contributed by atoms with van der Waals surface area (Å²) in [6, 6.07) is 2.57. The molecule has 2 heterocycles. The van der Waals surface area contributed by atoms with Crippen LogP contribution in [0.15, 0.2) is 12.3 Å². The average molecular weight is 301 g/mol. The second kappa shape index (κ2) is 6.78. The fourth-order valence-corrected chi connectivity index (χ4v) is 3.21. The molecule has 4 nitrogen and oxygen atoms in total. The van der Waals surface area contributed by atoms with Crippen LogP contribution >= 0.6 is 0 Å². The van der Waals surface area contributed by atoms with Gasteiger partial charge in [-0.05, 0) is 62.6 Å². The Labute approximate surface area is 133 Å². The Morgan fingerprint density at radius 3 is 2.82 bits per heavy atom. The van der Waals surface area contributed by atoms with Gasteiger partial charge in [-0.1, -0.05) is 0 Å². The molecule has 120 valence electrons. The monoisotopic (exact) mass is 301 g/mol. The molecule has 22 heavy (non-hydrogen) atoms. The number of nitrogens with one attached hydrogen (secondary N) is 1. The van der Waals surface area contributed by atoms with Gasteiger partial charge in [-0.15, -0.1) is 0 Å². The molecule has 0 bridgehead atoms. The van der Waals surface area contributed by atoms with Crippen molar-refractivity contribution < 1.29 is 4.79 Å². The minimum Gasteiger partial charge on any atom is -0.342 e. The van der Waals surface area contributed by atoms with Crippen molar-refractivity contribution in [2.45, 2.75) is 58.5 Å². The van der Waals surface area contributed by atoms with Gasteiger partial charge >= 0.3 is 0 Å². The third kappa shape index (κ3) is 4.07. The van der Waals surface area contributed by atoms with E-state index in [1.54, 1.807) is 0 Å². The Balaban J connectivity index is 1.51. The van der Waals surface area contributed by atoms with E-state index in [4.69, 9.17) is 0 Å². The molecule has 0 radical (unpaired) electrons. The highest BCUT2D eigenvalue weighted by molar-refractivity contribution is 5.76. The highest BCUT2D eigenvalue weighted by atomic mass is 16.2. The zero-order chi connectivity index (χ0) is 15.5. The van der Waals surface area contributed by atoms with Crippen molar-refractivity contribution in [3.63, 3.8) is 0 Å². The second-order valence-electron chi connectivity index (χ2n) is 6.94. The summed E-state index contributed by atoms with van der Waals surface area (Å²) >= 11 is 0. The predicted octanol–water partition coefficient (Wildman–Crippen LogP) is 2.58. The van der Waals surface area contributed by atoms with E-state index in [9.17, 15) is 4.79 Å². The maximum atomic E-state index is 12.2. The molecule has 0 spiro atoms. The van der Waals surface area contributed by atoms with Gasteiger partial charge in [0, 0.05) is 44.0 Å². The summed E-state index contributed by atoms with van der Waals surface area (Å²) in [6.45, 7) is 6.92. The van der Waals surface area contributed by atoms with Gasteiger partial charge < -0.3 is 10.2 Å². The van der Waals surface area contributed by atoms with Crippen LogP contribution in [0.5, 0.6) is 0 Å². The lowest BCUT2D eigenvalue weighted by Gasteiger charge is -2.21. The van der Waals surface area contributed by atoms with Gasteiger partial charge in [-0.2, -0.15) is 0 Å². The summed E-state index contributed by atoms with van der Waals surface area (Å²) in [7, 11) is 0. The molecule has 1 aromatic rings. The summed E-state index contributed by atoms with van der Waals surface area (Å²) < 4.78 is 0. The Morgan fingerprint density at radius 2 is 2.09 bits per heavy atom. The maximum Gasteiger partial charge on any atom is 0.222 e. The number of pyridine rings is 1. The number of amides is 1. The third-order valence-electron chi connectivity index (χ3n) is 4.92. The minimum absolute atomic E-state index is 0.351. The van der Waals surface area contributed by atoms with Gasteiger partial charge in [0.25, 0.3) is 0 Å². The van der Waals surface area contributed by atoms with Gasteiger partial charge in [-0.25, -0.2) is 0 Å². The van der Waals surface area contributed by atoms with Gasteiger partial charge in [0.2, 0.25) is 5.91 Å². The van der Waals surface area contributed by atoms with E-state index < -0.39 is 0 Å². The number of nitrogens with zero attached hydrogens (tertiary/aromatic N) is 2. The summed E-state index contributed by atoms with van der Waals surface area (Å²) in [5.41, 5.74) is 3.62. The molecule has 1 atom stereocenters. The summed E-state index contributed by atoms with van der Waals surface area (Å²) in [6.07, 6.45) is 7.31. The van der Waals surface area contributed by atoms with Gasteiger partial charge in [0.15, 0.2) is 0 Å². The molecule has 0 aromatic carbocycles. The summed E-state index contributed by atoms with van der Waals surface area (Å²) in [4.78, 5) is 18.7. The second-order valence-corrected chi connectivity index (χ2v) is 6.94. The number of rotatable bonds is 5. The lowest BCUT2D eigenvalue weighted by molar-refractivity contribution is -0.130. The summed E-state index contributed by atoms with van der Waals surface area (Å²) in [5, 5.41) is 3.63. The van der Waals surface area contributed by atoms with Crippen LogP contribution in [-0.4, -0.2) is 34.9 Å². The molecule has 4 heteroatoms. The zero-order valence-electron chi connectivity index (χ0n) is 13.8. The SMILES string of the molecule is Cc1cc(C)c(CNC2CCC(=O)N(CC3CC3)CC2)cn1. The van der Waals surface area contributed by atoms with Crippen LogP contribution in [0.25, 0.3) is 0 Å². The first-order valence-electron chi connectivity index (χ1n) is 8.55. The molecule has 1 aliphatic heterocycles. The minimum atomic E-state index is 0.351. The number of carbonyl (C=O) groups is 1. The highest BCUT2D eigenvalue weighted by Gasteiger charge is 2.29. The molecular formula is C18H27N3O. The van der Waals surface area contributed by atoms with Crippen molar-refractivity contribution in [2.75, 3.05) is 13.1 Å². The zero-order valence-corrected chi connectivity index (χ0v) is 13.8. The summed E-state index contributed by atoms with van der Waals surface area (Å²) in [5.74, 6) is 1.14. The molecule has 3 rings (SSSR count). The van der Waals surface area contributed by atoms with E-state index in [0.717, 1.165) is 44.1 Å². The lowest BCUT2D eigenvalue weighted by atomic mass is 10.1. The number of aryl methyl sites for hydroxylation is 2.